The molecule has 0 radical (unpaired) electrons. The van der Waals surface area contributed by atoms with E-state index in [9.17, 15) is 0 Å². The molecule has 12 heavy (non-hydrogen) atoms. The van der Waals surface area contributed by atoms with E-state index in [0.29, 0.717) is 6.54 Å². The Labute approximate surface area is 73.0 Å². The summed E-state index contributed by atoms with van der Waals surface area (Å²) in [6.07, 6.45) is 3.39. The van der Waals surface area contributed by atoms with Gasteiger partial charge >= 0.3 is 0 Å². The first kappa shape index (κ1) is 9.13. The zero-order valence-corrected chi connectivity index (χ0v) is 7.83. The first-order valence-corrected chi connectivity index (χ1v) is 4.06. The summed E-state index contributed by atoms with van der Waals surface area (Å²) in [4.78, 5) is 8.45. The molecular weight excluding hydrogens is 150 g/mol. The van der Waals surface area contributed by atoms with Crippen molar-refractivity contribution in [1.29, 1.82) is 0 Å². The van der Waals surface area contributed by atoms with Gasteiger partial charge in [0.1, 0.15) is 0 Å². The van der Waals surface area contributed by atoms with Gasteiger partial charge in [-0.05, 0) is 0 Å². The first-order valence-electron chi connectivity index (χ1n) is 4.06. The highest BCUT2D eigenvalue weighted by molar-refractivity contribution is 5.18. The highest BCUT2D eigenvalue weighted by Crippen LogP contribution is 2.21. The van der Waals surface area contributed by atoms with Gasteiger partial charge in [-0.25, -0.2) is 0 Å². The lowest BCUT2D eigenvalue weighted by Crippen LogP contribution is -2.19. The van der Waals surface area contributed by atoms with Crippen molar-refractivity contribution in [2.45, 2.75) is 32.7 Å². The molecular formula is C9H15N3. The van der Waals surface area contributed by atoms with Crippen LogP contribution in [0.4, 0.5) is 0 Å². The van der Waals surface area contributed by atoms with Gasteiger partial charge in [-0.15, -0.1) is 0 Å². The second kappa shape index (κ2) is 3.19. The van der Waals surface area contributed by atoms with Crippen molar-refractivity contribution in [3.8, 4) is 0 Å². The van der Waals surface area contributed by atoms with Crippen molar-refractivity contribution in [2.24, 2.45) is 5.73 Å². The summed E-state index contributed by atoms with van der Waals surface area (Å²) in [5, 5.41) is 0. The zero-order chi connectivity index (χ0) is 9.19. The lowest BCUT2D eigenvalue weighted by molar-refractivity contribution is 0.554. The minimum absolute atomic E-state index is 0.0307. The van der Waals surface area contributed by atoms with Gasteiger partial charge in [0.15, 0.2) is 0 Å². The zero-order valence-electron chi connectivity index (χ0n) is 7.83. The number of hydrogen-bond acceptors (Lipinski definition) is 3. The molecule has 0 fully saturated rings. The van der Waals surface area contributed by atoms with Crippen molar-refractivity contribution in [2.75, 3.05) is 0 Å². The summed E-state index contributed by atoms with van der Waals surface area (Å²) in [5.74, 6) is 0. The largest absolute Gasteiger partial charge is 0.325 e. The highest BCUT2D eigenvalue weighted by atomic mass is 14.8. The fraction of sp³-hybridized carbons (Fsp3) is 0.556. The molecule has 0 unspecified atom stereocenters. The molecule has 66 valence electrons. The van der Waals surface area contributed by atoms with Crippen molar-refractivity contribution in [1.82, 2.24) is 9.97 Å². The third kappa shape index (κ3) is 1.80. The fourth-order valence-electron chi connectivity index (χ4n) is 1.14. The van der Waals surface area contributed by atoms with E-state index < -0.39 is 0 Å². The molecule has 1 heterocycles. The SMILES string of the molecule is CC(C)(C)c1nccnc1CN. The van der Waals surface area contributed by atoms with Crippen LogP contribution < -0.4 is 5.73 Å². The Kier molecular flexibility index (Phi) is 2.43. The van der Waals surface area contributed by atoms with E-state index in [1.165, 1.54) is 0 Å². The third-order valence-corrected chi connectivity index (χ3v) is 1.68. The Hall–Kier alpha value is -0.960. The van der Waals surface area contributed by atoms with E-state index in [-0.39, 0.29) is 5.41 Å². The normalized spacial score (nSPS) is 11.7. The van der Waals surface area contributed by atoms with Crippen LogP contribution in [0, 0.1) is 0 Å². The smallest absolute Gasteiger partial charge is 0.0759 e. The third-order valence-electron chi connectivity index (χ3n) is 1.68. The summed E-state index contributed by atoms with van der Waals surface area (Å²) in [6.45, 7) is 6.78. The van der Waals surface area contributed by atoms with Crippen LogP contribution in [0.1, 0.15) is 32.2 Å². The first-order chi connectivity index (χ1) is 5.55. The Morgan fingerprint density at radius 1 is 1.25 bits per heavy atom. The Balaban J connectivity index is 3.14. The van der Waals surface area contributed by atoms with Crippen LogP contribution in [-0.2, 0) is 12.0 Å². The molecule has 0 aliphatic rings. The van der Waals surface area contributed by atoms with E-state index in [4.69, 9.17) is 5.73 Å². The monoisotopic (exact) mass is 165 g/mol. The van der Waals surface area contributed by atoms with Crippen molar-refractivity contribution >= 4 is 0 Å². The molecule has 1 rings (SSSR count). The van der Waals surface area contributed by atoms with Crippen LogP contribution in [0.15, 0.2) is 12.4 Å². The lowest BCUT2D eigenvalue weighted by atomic mass is 9.90. The summed E-state index contributed by atoms with van der Waals surface area (Å²) in [6, 6.07) is 0. The second-order valence-electron chi connectivity index (χ2n) is 3.81. The number of rotatable bonds is 1. The van der Waals surface area contributed by atoms with Crippen LogP contribution in [0.5, 0.6) is 0 Å². The summed E-state index contributed by atoms with van der Waals surface area (Å²) in [7, 11) is 0. The Morgan fingerprint density at radius 2 is 1.83 bits per heavy atom. The van der Waals surface area contributed by atoms with Gasteiger partial charge < -0.3 is 5.73 Å². The summed E-state index contributed by atoms with van der Waals surface area (Å²) < 4.78 is 0. The number of nitrogens with zero attached hydrogens (tertiary/aromatic N) is 2. The maximum absolute atomic E-state index is 5.54. The average Bonchev–Trinajstić information content (AvgIpc) is 2.03. The molecule has 0 saturated carbocycles. The maximum Gasteiger partial charge on any atom is 0.0759 e. The molecule has 0 spiro atoms. The molecule has 0 saturated heterocycles. The molecule has 0 bridgehead atoms. The molecule has 0 aromatic carbocycles. The van der Waals surface area contributed by atoms with E-state index in [1.54, 1.807) is 12.4 Å². The van der Waals surface area contributed by atoms with Crippen molar-refractivity contribution in [3.63, 3.8) is 0 Å². The van der Waals surface area contributed by atoms with E-state index in [1.807, 2.05) is 0 Å². The van der Waals surface area contributed by atoms with Crippen LogP contribution in [0.25, 0.3) is 0 Å². The van der Waals surface area contributed by atoms with Crippen LogP contribution >= 0.6 is 0 Å². The second-order valence-corrected chi connectivity index (χ2v) is 3.81. The lowest BCUT2D eigenvalue weighted by Gasteiger charge is -2.19. The van der Waals surface area contributed by atoms with Gasteiger partial charge in [0.25, 0.3) is 0 Å². The van der Waals surface area contributed by atoms with Gasteiger partial charge in [0.2, 0.25) is 0 Å². The minimum atomic E-state index is 0.0307. The average molecular weight is 165 g/mol. The highest BCUT2D eigenvalue weighted by Gasteiger charge is 2.18. The molecule has 2 N–H and O–H groups in total. The van der Waals surface area contributed by atoms with Crippen LogP contribution in [-0.4, -0.2) is 9.97 Å². The van der Waals surface area contributed by atoms with Gasteiger partial charge in [-0.2, -0.15) is 0 Å². The van der Waals surface area contributed by atoms with Crippen molar-refractivity contribution < 1.29 is 0 Å². The number of hydrogen-bond donors (Lipinski definition) is 1. The molecule has 3 nitrogen and oxygen atoms in total. The molecule has 0 amide bonds. The minimum Gasteiger partial charge on any atom is -0.325 e. The summed E-state index contributed by atoms with van der Waals surface area (Å²) in [5.41, 5.74) is 7.46. The molecule has 0 aliphatic heterocycles. The van der Waals surface area contributed by atoms with E-state index in [2.05, 4.69) is 30.7 Å². The predicted octanol–water partition coefficient (Wildman–Crippen LogP) is 1.23. The maximum atomic E-state index is 5.54. The van der Waals surface area contributed by atoms with Crippen molar-refractivity contribution in [3.05, 3.63) is 23.8 Å². The topological polar surface area (TPSA) is 51.8 Å². The fourth-order valence-corrected chi connectivity index (χ4v) is 1.14. The standard InChI is InChI=1S/C9H15N3/c1-9(2,3)8-7(6-10)11-4-5-12-8/h4-5H,6,10H2,1-3H3. The Morgan fingerprint density at radius 3 is 2.25 bits per heavy atom. The van der Waals surface area contributed by atoms with Gasteiger partial charge in [-0.1, -0.05) is 20.8 Å². The molecule has 1 aromatic rings. The van der Waals surface area contributed by atoms with E-state index in [0.717, 1.165) is 11.4 Å². The molecule has 0 aliphatic carbocycles. The van der Waals surface area contributed by atoms with Crippen LogP contribution in [0.2, 0.25) is 0 Å². The van der Waals surface area contributed by atoms with E-state index >= 15 is 0 Å². The van der Waals surface area contributed by atoms with Crippen LogP contribution in [0.3, 0.4) is 0 Å². The molecule has 3 heteroatoms. The predicted molar refractivity (Wildman–Crippen MR) is 48.6 cm³/mol. The number of aromatic nitrogens is 2. The van der Waals surface area contributed by atoms with Gasteiger partial charge in [0.05, 0.1) is 11.4 Å². The van der Waals surface area contributed by atoms with Gasteiger partial charge in [-0.3, -0.25) is 9.97 Å². The molecule has 0 atom stereocenters. The Bertz CT molecular complexity index is 263. The quantitative estimate of drug-likeness (QED) is 0.681. The van der Waals surface area contributed by atoms with Gasteiger partial charge in [0, 0.05) is 24.4 Å². The number of nitrogens with two attached hydrogens (primary N) is 1. The summed E-state index contributed by atoms with van der Waals surface area (Å²) >= 11 is 0. The molecule has 1 aromatic heterocycles.